The summed E-state index contributed by atoms with van der Waals surface area (Å²) in [6.45, 7) is 12.7. The number of hydrogen-bond donors (Lipinski definition) is 3. The van der Waals surface area contributed by atoms with Crippen LogP contribution in [0.25, 0.3) is 21.7 Å². The second-order valence-corrected chi connectivity index (χ2v) is 20.7. The predicted molar refractivity (Wildman–Crippen MR) is 272 cm³/mol. The van der Waals surface area contributed by atoms with Crippen LogP contribution in [0, 0.1) is 23.7 Å². The van der Waals surface area contributed by atoms with Crippen LogP contribution in [0.1, 0.15) is 89.2 Å². The lowest BCUT2D eigenvalue weighted by Gasteiger charge is -2.35. The van der Waals surface area contributed by atoms with Crippen molar-refractivity contribution in [2.24, 2.45) is 5.41 Å². The number of unbranched alkanes of at least 4 members (excludes halogenated alkanes) is 1. The van der Waals surface area contributed by atoms with Crippen molar-refractivity contribution in [3.8, 4) is 33.6 Å². The SMILES string of the molecule is Cc1ncsc1-c1ccc([C@H](C)NC(=O)[C@@H]2C[C@@H](O)CN2C(=O)[C@@H](NC(=O)COCCCCOc2ccc(-c3ccc(N4C(=S)N(c5ccc(C#N)c(C(F)(F)F)c5)C(=O)C4(C)C)cn3)cn2)C(C)(C)C)cc1. The Morgan fingerprint density at radius 1 is 0.959 bits per heavy atom. The summed E-state index contributed by atoms with van der Waals surface area (Å²) in [6, 6.07) is 17.0. The highest BCUT2D eigenvalue weighted by atomic mass is 32.1. The number of benzene rings is 2. The molecule has 3 aromatic heterocycles. The molecule has 0 bridgehead atoms. The number of nitrogens with one attached hydrogen (secondary N) is 2. The first-order valence-corrected chi connectivity index (χ1v) is 24.8. The number of amides is 4. The number of likely N-dealkylation sites (tertiary alicyclic amines) is 1. The minimum Gasteiger partial charge on any atom is -0.478 e. The molecule has 2 aliphatic rings. The van der Waals surface area contributed by atoms with E-state index in [0.29, 0.717) is 42.3 Å². The second-order valence-electron chi connectivity index (χ2n) is 19.4. The summed E-state index contributed by atoms with van der Waals surface area (Å²) in [4.78, 5) is 72.7. The number of rotatable bonds is 17. The average molecular weight is 1040 g/mol. The molecule has 4 amide bonds. The van der Waals surface area contributed by atoms with Gasteiger partial charge in [-0.2, -0.15) is 18.4 Å². The zero-order chi connectivity index (χ0) is 53.0. The van der Waals surface area contributed by atoms with Crippen LogP contribution >= 0.6 is 23.6 Å². The molecule has 3 N–H and O–H groups in total. The fraction of sp³-hybridized carbons (Fsp3) is 0.404. The Bertz CT molecular complexity index is 2890. The highest BCUT2D eigenvalue weighted by molar-refractivity contribution is 7.81. The molecule has 0 spiro atoms. The summed E-state index contributed by atoms with van der Waals surface area (Å²) in [5, 5.41) is 25.6. The summed E-state index contributed by atoms with van der Waals surface area (Å²) >= 11 is 7.19. The number of thiazole rings is 1. The molecule has 21 heteroatoms. The van der Waals surface area contributed by atoms with Crippen LogP contribution in [0.4, 0.5) is 24.5 Å². The topological polar surface area (TPSA) is 203 Å². The van der Waals surface area contributed by atoms with Crippen LogP contribution < -0.4 is 25.2 Å². The quantitative estimate of drug-likeness (QED) is 0.0599. The van der Waals surface area contributed by atoms with Gasteiger partial charge in [0.1, 0.15) is 24.2 Å². The molecule has 4 atom stereocenters. The number of hydrogen-bond acceptors (Lipinski definition) is 13. The van der Waals surface area contributed by atoms with Crippen molar-refractivity contribution >= 4 is 63.7 Å². The molecule has 2 saturated heterocycles. The van der Waals surface area contributed by atoms with Crippen LogP contribution in [0.15, 0.2) is 84.6 Å². The maximum Gasteiger partial charge on any atom is 0.417 e. The van der Waals surface area contributed by atoms with Gasteiger partial charge in [-0.05, 0) is 106 Å². The summed E-state index contributed by atoms with van der Waals surface area (Å²) in [5.74, 6) is -1.56. The van der Waals surface area contributed by atoms with E-state index in [1.165, 1.54) is 22.1 Å². The first-order valence-electron chi connectivity index (χ1n) is 23.5. The summed E-state index contributed by atoms with van der Waals surface area (Å²) in [6.07, 6.45) is -1.43. The Kier molecular flexibility index (Phi) is 16.3. The van der Waals surface area contributed by atoms with Crippen LogP contribution in [0.5, 0.6) is 5.88 Å². The molecule has 384 valence electrons. The lowest BCUT2D eigenvalue weighted by molar-refractivity contribution is -0.144. The number of nitriles is 1. The average Bonchev–Trinajstić information content (AvgIpc) is 4.01. The largest absolute Gasteiger partial charge is 0.478 e. The number of β-amino-alcohol motifs (C(OH)–C–C–N with tert-alkyl or cyclic N) is 1. The van der Waals surface area contributed by atoms with E-state index < -0.39 is 70.1 Å². The van der Waals surface area contributed by atoms with Crippen molar-refractivity contribution < 1.29 is 46.9 Å². The Morgan fingerprint density at radius 3 is 2.27 bits per heavy atom. The fourth-order valence-electron chi connectivity index (χ4n) is 8.63. The zero-order valence-electron chi connectivity index (χ0n) is 41.3. The van der Waals surface area contributed by atoms with E-state index in [2.05, 4.69) is 25.6 Å². The molecule has 5 heterocycles. The number of alkyl halides is 3. The number of carbonyl (C=O) groups excluding carboxylic acids is 4. The van der Waals surface area contributed by atoms with Gasteiger partial charge in [-0.3, -0.25) is 29.1 Å². The van der Waals surface area contributed by atoms with E-state index in [-0.39, 0.29) is 43.0 Å². The van der Waals surface area contributed by atoms with Gasteiger partial charge in [-0.25, -0.2) is 9.97 Å². The van der Waals surface area contributed by atoms with Crippen LogP contribution in [0.2, 0.25) is 0 Å². The molecule has 2 fully saturated rings. The number of nitrogens with zero attached hydrogens (tertiary/aromatic N) is 7. The van der Waals surface area contributed by atoms with Gasteiger partial charge in [0.05, 0.1) is 75.3 Å². The van der Waals surface area contributed by atoms with Crippen LogP contribution in [0.3, 0.4) is 0 Å². The Hall–Kier alpha value is -6.86. The highest BCUT2D eigenvalue weighted by Crippen LogP contribution is 2.40. The van der Waals surface area contributed by atoms with Crippen molar-refractivity contribution in [3.63, 3.8) is 0 Å². The Balaban J connectivity index is 0.847. The molecule has 73 heavy (non-hydrogen) atoms. The summed E-state index contributed by atoms with van der Waals surface area (Å²) < 4.78 is 52.7. The molecule has 0 radical (unpaired) electrons. The molecule has 7 rings (SSSR count). The maximum absolute atomic E-state index is 14.1. The molecule has 0 aliphatic carbocycles. The number of aromatic nitrogens is 3. The minimum absolute atomic E-state index is 0.0484. The molecular weight excluding hydrogens is 984 g/mol. The fourth-order valence-corrected chi connectivity index (χ4v) is 9.97. The number of anilines is 2. The molecule has 0 saturated carbocycles. The third-order valence-electron chi connectivity index (χ3n) is 12.6. The third-order valence-corrected chi connectivity index (χ3v) is 14.0. The number of aliphatic hydroxyl groups excluding tert-OH is 1. The van der Waals surface area contributed by atoms with Crippen molar-refractivity contribution in [2.45, 2.75) is 104 Å². The first kappa shape index (κ1) is 53.9. The molecule has 2 aromatic carbocycles. The van der Waals surface area contributed by atoms with Gasteiger partial charge in [-0.15, -0.1) is 11.3 Å². The number of thiocarbonyl (C=S) groups is 1. The minimum atomic E-state index is -4.82. The van der Waals surface area contributed by atoms with Gasteiger partial charge in [-0.1, -0.05) is 45.0 Å². The lowest BCUT2D eigenvalue weighted by Crippen LogP contribution is -2.58. The van der Waals surface area contributed by atoms with Crippen LogP contribution in [-0.4, -0.2) is 104 Å². The van der Waals surface area contributed by atoms with Gasteiger partial charge in [0, 0.05) is 37.4 Å². The van der Waals surface area contributed by atoms with E-state index in [4.69, 9.17) is 21.7 Å². The van der Waals surface area contributed by atoms with Gasteiger partial charge >= 0.3 is 6.18 Å². The molecule has 0 unspecified atom stereocenters. The van der Waals surface area contributed by atoms with E-state index >= 15 is 0 Å². The van der Waals surface area contributed by atoms with Gasteiger partial charge in [0.2, 0.25) is 23.6 Å². The van der Waals surface area contributed by atoms with E-state index in [1.54, 1.807) is 67.2 Å². The maximum atomic E-state index is 14.1. The summed E-state index contributed by atoms with van der Waals surface area (Å²) in [7, 11) is 0. The number of aliphatic hydroxyl groups is 1. The second kappa shape index (κ2) is 22.1. The first-order chi connectivity index (χ1) is 34.5. The zero-order valence-corrected chi connectivity index (χ0v) is 43.0. The lowest BCUT2D eigenvalue weighted by atomic mass is 9.85. The van der Waals surface area contributed by atoms with Crippen molar-refractivity contribution in [2.75, 3.05) is 36.2 Å². The van der Waals surface area contributed by atoms with Crippen LogP contribution in [-0.2, 0) is 30.1 Å². The number of ether oxygens (including phenoxy) is 2. The van der Waals surface area contributed by atoms with Crippen molar-refractivity contribution in [1.29, 1.82) is 5.26 Å². The van der Waals surface area contributed by atoms with Gasteiger partial charge in [0.15, 0.2) is 5.11 Å². The molecule has 5 aromatic rings. The van der Waals surface area contributed by atoms with Crippen molar-refractivity contribution in [1.82, 2.24) is 30.5 Å². The third kappa shape index (κ3) is 12.2. The van der Waals surface area contributed by atoms with Crippen molar-refractivity contribution in [3.05, 3.63) is 107 Å². The molecule has 2 aliphatic heterocycles. The van der Waals surface area contributed by atoms with E-state index in [9.17, 15) is 42.7 Å². The standard InChI is InChI=1S/C52H56F3N9O7S2/c1-30(32-10-12-33(13-11-32)44-31(2)59-29-73-44)60-46(67)41-23-38(65)27-62(41)47(68)45(50(3,4)5)61-42(66)28-70-20-8-9-21-71-43-19-15-35(25-58-43)40-18-17-37(26-57-40)64-49(72)63(48(69)51(64,6)7)36-16-14-34(24-56)39(22-36)52(53,54)55/h10-19,22,25-26,29-30,38,41,45,65H,8-9,20-21,23,27-28H2,1-7H3,(H,60,67)(H,61,66)/t30-,38+,41-,45+/m0/s1. The summed E-state index contributed by atoms with van der Waals surface area (Å²) in [5.41, 5.74) is 2.42. The Labute approximate surface area is 430 Å². The smallest absolute Gasteiger partial charge is 0.417 e. The van der Waals surface area contributed by atoms with Gasteiger partial charge in [0.25, 0.3) is 5.91 Å². The Morgan fingerprint density at radius 2 is 1.66 bits per heavy atom. The van der Waals surface area contributed by atoms with E-state index in [1.807, 2.05) is 58.9 Å². The number of pyridine rings is 2. The molecule has 16 nitrogen and oxygen atoms in total. The van der Waals surface area contributed by atoms with E-state index in [0.717, 1.165) is 38.7 Å². The number of aryl methyl sites for hydroxylation is 1. The molecular formula is C52H56F3N9O7S2. The predicted octanol–water partition coefficient (Wildman–Crippen LogP) is 7.93. The monoisotopic (exact) mass is 1040 g/mol. The highest BCUT2D eigenvalue weighted by Gasteiger charge is 2.51. The number of halogens is 3. The van der Waals surface area contributed by atoms with Gasteiger partial charge < -0.3 is 35.0 Å². The number of carbonyl (C=O) groups is 4. The normalized spacial score (nSPS) is 17.6.